The van der Waals surface area contributed by atoms with Gasteiger partial charge in [0.05, 0.1) is 24.9 Å². The first-order valence-electron chi connectivity index (χ1n) is 9.20. The van der Waals surface area contributed by atoms with Gasteiger partial charge < -0.3 is 14.7 Å². The van der Waals surface area contributed by atoms with Gasteiger partial charge in [-0.15, -0.1) is 0 Å². The third kappa shape index (κ3) is 4.57. The molecule has 1 fully saturated rings. The summed E-state index contributed by atoms with van der Waals surface area (Å²) in [6, 6.07) is 6.94. The number of Topliss-reactive ketones (excluding diaryl/α,β-unsaturated/α-hetero) is 1. The lowest BCUT2D eigenvalue weighted by Crippen LogP contribution is -2.39. The zero-order valence-electron chi connectivity index (χ0n) is 15.7. The number of carbonyl (C=O) groups excluding carboxylic acids is 2. The normalized spacial score (nSPS) is 14.7. The highest BCUT2D eigenvalue weighted by atomic mass is 16.5. The zero-order chi connectivity index (χ0) is 20.1. The number of carboxylic acid groups (broad SMARTS) is 1. The predicted molar refractivity (Wildman–Crippen MR) is 101 cm³/mol. The number of amides is 1. The van der Waals surface area contributed by atoms with Crippen LogP contribution in [0.25, 0.3) is 0 Å². The van der Waals surface area contributed by atoms with Crippen LogP contribution >= 0.6 is 0 Å². The molecule has 1 saturated heterocycles. The largest absolute Gasteiger partial charge is 0.497 e. The number of hydrogen-bond donors (Lipinski definition) is 1. The van der Waals surface area contributed by atoms with Crippen LogP contribution in [0.15, 0.2) is 36.7 Å². The van der Waals surface area contributed by atoms with Gasteiger partial charge in [0.25, 0.3) is 0 Å². The summed E-state index contributed by atoms with van der Waals surface area (Å²) in [6.07, 6.45) is 4.63. The van der Waals surface area contributed by atoms with Crippen molar-refractivity contribution in [3.05, 3.63) is 47.8 Å². The van der Waals surface area contributed by atoms with Crippen molar-refractivity contribution in [1.29, 1.82) is 0 Å². The number of piperidine rings is 1. The summed E-state index contributed by atoms with van der Waals surface area (Å²) in [5.74, 6) is -0.417. The molecule has 1 aliphatic heterocycles. The van der Waals surface area contributed by atoms with E-state index in [-0.39, 0.29) is 36.1 Å². The second-order valence-electron chi connectivity index (χ2n) is 6.78. The molecule has 0 atom stereocenters. The number of aromatic carboxylic acids is 1. The minimum Gasteiger partial charge on any atom is -0.497 e. The SMILES string of the molecule is COc1ccc(C(=O)CCC(=O)N2CCC(n3cc(C(=O)O)cn3)CC2)cc1. The summed E-state index contributed by atoms with van der Waals surface area (Å²) >= 11 is 0. The predicted octanol–water partition coefficient (Wildman–Crippen LogP) is 2.42. The lowest BCUT2D eigenvalue weighted by Gasteiger charge is -2.32. The molecule has 0 unspecified atom stereocenters. The van der Waals surface area contributed by atoms with Crippen LogP contribution in [-0.4, -0.2) is 57.6 Å². The van der Waals surface area contributed by atoms with Gasteiger partial charge in [0.2, 0.25) is 5.91 Å². The molecule has 2 heterocycles. The average Bonchev–Trinajstić information content (AvgIpc) is 3.22. The van der Waals surface area contributed by atoms with Crippen molar-refractivity contribution in [1.82, 2.24) is 14.7 Å². The molecular weight excluding hydrogens is 362 g/mol. The maximum atomic E-state index is 12.4. The van der Waals surface area contributed by atoms with Crippen molar-refractivity contribution in [2.75, 3.05) is 20.2 Å². The number of methoxy groups -OCH3 is 1. The number of carbonyl (C=O) groups is 3. The maximum absolute atomic E-state index is 12.4. The van der Waals surface area contributed by atoms with Crippen molar-refractivity contribution in [2.24, 2.45) is 0 Å². The van der Waals surface area contributed by atoms with Crippen molar-refractivity contribution in [3.63, 3.8) is 0 Å². The fourth-order valence-electron chi connectivity index (χ4n) is 3.33. The van der Waals surface area contributed by atoms with Crippen LogP contribution in [0, 0.1) is 0 Å². The molecule has 0 aliphatic carbocycles. The van der Waals surface area contributed by atoms with Crippen LogP contribution < -0.4 is 4.74 Å². The Morgan fingerprint density at radius 1 is 1.11 bits per heavy atom. The van der Waals surface area contributed by atoms with Crippen LogP contribution in [0.5, 0.6) is 5.75 Å². The Morgan fingerprint density at radius 3 is 2.36 bits per heavy atom. The maximum Gasteiger partial charge on any atom is 0.338 e. The Balaban J connectivity index is 1.46. The van der Waals surface area contributed by atoms with Crippen LogP contribution in [0.3, 0.4) is 0 Å². The number of carboxylic acids is 1. The fourth-order valence-corrected chi connectivity index (χ4v) is 3.33. The van der Waals surface area contributed by atoms with Gasteiger partial charge in [-0.05, 0) is 37.1 Å². The van der Waals surface area contributed by atoms with Gasteiger partial charge in [-0.1, -0.05) is 0 Å². The minimum absolute atomic E-state index is 0.0352. The number of ether oxygens (including phenoxy) is 1. The van der Waals surface area contributed by atoms with Crippen LogP contribution in [0.4, 0.5) is 0 Å². The number of likely N-dealkylation sites (tertiary alicyclic amines) is 1. The Hall–Kier alpha value is -3.16. The van der Waals surface area contributed by atoms with E-state index in [2.05, 4.69) is 5.10 Å². The number of ketones is 1. The molecule has 1 aliphatic rings. The van der Waals surface area contributed by atoms with E-state index in [1.807, 2.05) is 0 Å². The molecule has 0 bridgehead atoms. The first-order chi connectivity index (χ1) is 13.5. The summed E-state index contributed by atoms with van der Waals surface area (Å²) in [4.78, 5) is 37.4. The average molecular weight is 385 g/mol. The summed E-state index contributed by atoms with van der Waals surface area (Å²) < 4.78 is 6.74. The quantitative estimate of drug-likeness (QED) is 0.735. The highest BCUT2D eigenvalue weighted by Crippen LogP contribution is 2.23. The summed E-state index contributed by atoms with van der Waals surface area (Å²) in [7, 11) is 1.57. The van der Waals surface area contributed by atoms with E-state index >= 15 is 0 Å². The van der Waals surface area contributed by atoms with E-state index in [0.29, 0.717) is 37.2 Å². The Labute approximate surface area is 162 Å². The molecule has 148 valence electrons. The van der Waals surface area contributed by atoms with Crippen molar-refractivity contribution in [3.8, 4) is 5.75 Å². The molecule has 0 radical (unpaired) electrons. The first-order valence-corrected chi connectivity index (χ1v) is 9.20. The minimum atomic E-state index is -1.000. The Kier molecular flexibility index (Phi) is 6.08. The van der Waals surface area contributed by atoms with Crippen molar-refractivity contribution >= 4 is 17.7 Å². The zero-order valence-corrected chi connectivity index (χ0v) is 15.7. The second kappa shape index (κ2) is 8.69. The molecular formula is C20H23N3O5. The molecule has 1 N–H and O–H groups in total. The Bertz CT molecular complexity index is 851. The standard InChI is InChI=1S/C20H23N3O5/c1-28-17-4-2-14(3-5-17)18(24)6-7-19(25)22-10-8-16(9-11-22)23-13-15(12-21-23)20(26)27/h2-5,12-13,16H,6-11H2,1H3,(H,26,27). The number of nitrogens with zero attached hydrogens (tertiary/aromatic N) is 3. The molecule has 8 heteroatoms. The van der Waals surface area contributed by atoms with E-state index in [4.69, 9.17) is 9.84 Å². The number of aromatic nitrogens is 2. The van der Waals surface area contributed by atoms with Gasteiger partial charge in [-0.3, -0.25) is 14.3 Å². The van der Waals surface area contributed by atoms with Crippen LogP contribution in [-0.2, 0) is 4.79 Å². The third-order valence-corrected chi connectivity index (χ3v) is 5.02. The smallest absolute Gasteiger partial charge is 0.338 e. The lowest BCUT2D eigenvalue weighted by atomic mass is 10.0. The van der Waals surface area contributed by atoms with Crippen LogP contribution in [0.1, 0.15) is 52.4 Å². The van der Waals surface area contributed by atoms with Gasteiger partial charge in [0.15, 0.2) is 5.78 Å². The third-order valence-electron chi connectivity index (χ3n) is 5.02. The molecule has 1 aromatic carbocycles. The van der Waals surface area contributed by atoms with Gasteiger partial charge in [0, 0.05) is 37.7 Å². The van der Waals surface area contributed by atoms with E-state index in [1.165, 1.54) is 12.4 Å². The monoisotopic (exact) mass is 385 g/mol. The summed E-state index contributed by atoms with van der Waals surface area (Å²) in [5.41, 5.74) is 0.732. The molecule has 2 aromatic rings. The number of hydrogen-bond acceptors (Lipinski definition) is 5. The molecule has 8 nitrogen and oxygen atoms in total. The van der Waals surface area contributed by atoms with Gasteiger partial charge in [-0.25, -0.2) is 4.79 Å². The highest BCUT2D eigenvalue weighted by molar-refractivity contribution is 5.98. The van der Waals surface area contributed by atoms with E-state index in [1.54, 1.807) is 41.0 Å². The van der Waals surface area contributed by atoms with Crippen molar-refractivity contribution in [2.45, 2.75) is 31.7 Å². The fraction of sp³-hybridized carbons (Fsp3) is 0.400. The van der Waals surface area contributed by atoms with E-state index in [0.717, 1.165) is 0 Å². The molecule has 1 amide bonds. The number of rotatable bonds is 7. The summed E-state index contributed by atoms with van der Waals surface area (Å²) in [6.45, 7) is 1.14. The first kappa shape index (κ1) is 19.6. The Morgan fingerprint density at radius 2 is 1.79 bits per heavy atom. The van der Waals surface area contributed by atoms with Crippen LogP contribution in [0.2, 0.25) is 0 Å². The topological polar surface area (TPSA) is 102 Å². The summed E-state index contributed by atoms with van der Waals surface area (Å²) in [5, 5.41) is 13.1. The molecule has 3 rings (SSSR count). The van der Waals surface area contributed by atoms with E-state index in [9.17, 15) is 14.4 Å². The highest BCUT2D eigenvalue weighted by Gasteiger charge is 2.25. The van der Waals surface area contributed by atoms with E-state index < -0.39 is 5.97 Å². The van der Waals surface area contributed by atoms with Gasteiger partial charge in [-0.2, -0.15) is 5.10 Å². The molecule has 28 heavy (non-hydrogen) atoms. The van der Waals surface area contributed by atoms with Crippen molar-refractivity contribution < 1.29 is 24.2 Å². The van der Waals surface area contributed by atoms with Gasteiger partial charge in [0.1, 0.15) is 5.75 Å². The number of benzene rings is 1. The molecule has 0 spiro atoms. The molecule has 1 aromatic heterocycles. The second-order valence-corrected chi connectivity index (χ2v) is 6.78. The molecule has 0 saturated carbocycles. The van der Waals surface area contributed by atoms with Gasteiger partial charge >= 0.3 is 5.97 Å². The lowest BCUT2D eigenvalue weighted by molar-refractivity contribution is -0.132.